The number of benzene rings is 3. The Labute approximate surface area is 178 Å². The fourth-order valence-corrected chi connectivity index (χ4v) is 2.85. The zero-order chi connectivity index (χ0) is 22.4. The summed E-state index contributed by atoms with van der Waals surface area (Å²) in [6, 6.07) is 18.0. The topological polar surface area (TPSA) is 114 Å². The first kappa shape index (κ1) is 21.3. The van der Waals surface area contributed by atoms with Gasteiger partial charge >= 0.3 is 5.69 Å². The van der Waals surface area contributed by atoms with E-state index in [0.717, 1.165) is 5.56 Å². The second kappa shape index (κ2) is 9.41. The highest BCUT2D eigenvalue weighted by Gasteiger charge is 2.19. The summed E-state index contributed by atoms with van der Waals surface area (Å²) in [5.41, 5.74) is 1.72. The molecule has 0 fully saturated rings. The van der Waals surface area contributed by atoms with Crippen molar-refractivity contribution in [1.29, 1.82) is 5.26 Å². The molecule has 0 aliphatic carbocycles. The predicted octanol–water partition coefficient (Wildman–Crippen LogP) is 5.22. The van der Waals surface area contributed by atoms with Crippen LogP contribution in [0, 0.1) is 28.4 Å². The van der Waals surface area contributed by atoms with Crippen LogP contribution in [0.3, 0.4) is 0 Å². The zero-order valence-corrected chi connectivity index (χ0v) is 16.9. The van der Waals surface area contributed by atoms with Crippen LogP contribution in [-0.4, -0.2) is 17.4 Å². The van der Waals surface area contributed by atoms with Gasteiger partial charge in [0.2, 0.25) is 0 Å². The van der Waals surface area contributed by atoms with Gasteiger partial charge in [-0.15, -0.1) is 0 Å². The predicted molar refractivity (Wildman–Crippen MR) is 115 cm³/mol. The second-order valence-corrected chi connectivity index (χ2v) is 6.54. The van der Waals surface area contributed by atoms with E-state index in [1.165, 1.54) is 18.2 Å². The smallest absolute Gasteiger partial charge is 0.311 e. The fraction of sp³-hybridized carbons (Fsp3) is 0.130. The maximum absolute atomic E-state index is 12.6. The third kappa shape index (κ3) is 5.16. The first-order chi connectivity index (χ1) is 14.9. The molecule has 0 aliphatic heterocycles. The normalized spacial score (nSPS) is 10.1. The standard InChI is InChI=1S/C23H19N3O5/c1-3-30-22-11-6-17(13-21(22)26(28)29)23(27)25-20-10-9-19(12-15(20)2)31-18-7-4-16(14-24)5-8-18/h4-13H,3H2,1-2H3,(H,25,27). The maximum atomic E-state index is 12.6. The summed E-state index contributed by atoms with van der Waals surface area (Å²) >= 11 is 0. The summed E-state index contributed by atoms with van der Waals surface area (Å²) in [5.74, 6) is 0.785. The van der Waals surface area contributed by atoms with E-state index in [0.29, 0.717) is 22.7 Å². The molecule has 0 spiro atoms. The lowest BCUT2D eigenvalue weighted by Gasteiger charge is -2.12. The lowest BCUT2D eigenvalue weighted by atomic mass is 10.1. The highest BCUT2D eigenvalue weighted by atomic mass is 16.6. The van der Waals surface area contributed by atoms with Gasteiger partial charge in [0.15, 0.2) is 5.75 Å². The third-order valence-electron chi connectivity index (χ3n) is 4.38. The molecule has 0 saturated carbocycles. The minimum Gasteiger partial charge on any atom is -0.487 e. The number of nitro benzene ring substituents is 1. The molecule has 3 aromatic carbocycles. The molecule has 0 aromatic heterocycles. The Kier molecular flexibility index (Phi) is 6.48. The summed E-state index contributed by atoms with van der Waals surface area (Å²) in [4.78, 5) is 23.3. The van der Waals surface area contributed by atoms with Gasteiger partial charge in [0.05, 0.1) is 23.2 Å². The van der Waals surface area contributed by atoms with E-state index in [1.807, 2.05) is 13.0 Å². The van der Waals surface area contributed by atoms with E-state index >= 15 is 0 Å². The number of nitrogens with one attached hydrogen (secondary N) is 1. The molecule has 0 atom stereocenters. The molecule has 3 aromatic rings. The number of hydrogen-bond acceptors (Lipinski definition) is 6. The maximum Gasteiger partial charge on any atom is 0.311 e. The average Bonchev–Trinajstić information content (AvgIpc) is 2.76. The largest absolute Gasteiger partial charge is 0.487 e. The zero-order valence-electron chi connectivity index (χ0n) is 16.9. The van der Waals surface area contributed by atoms with E-state index in [1.54, 1.807) is 49.4 Å². The molecule has 0 unspecified atom stereocenters. The van der Waals surface area contributed by atoms with Crippen LogP contribution in [0.15, 0.2) is 60.7 Å². The van der Waals surface area contributed by atoms with Gasteiger partial charge in [-0.25, -0.2) is 0 Å². The Morgan fingerprint density at radius 3 is 2.42 bits per heavy atom. The number of carbonyl (C=O) groups is 1. The number of hydrogen-bond donors (Lipinski definition) is 1. The Morgan fingerprint density at radius 1 is 1.10 bits per heavy atom. The first-order valence-corrected chi connectivity index (χ1v) is 9.42. The number of ether oxygens (including phenoxy) is 2. The van der Waals surface area contributed by atoms with E-state index in [2.05, 4.69) is 5.32 Å². The summed E-state index contributed by atoms with van der Waals surface area (Å²) in [5, 5.41) is 22.9. The van der Waals surface area contributed by atoms with Crippen LogP contribution in [0.25, 0.3) is 0 Å². The molecule has 0 bridgehead atoms. The van der Waals surface area contributed by atoms with Gasteiger partial charge in [0.25, 0.3) is 5.91 Å². The quantitative estimate of drug-likeness (QED) is 0.416. The van der Waals surface area contributed by atoms with Crippen LogP contribution in [0.2, 0.25) is 0 Å². The van der Waals surface area contributed by atoms with Crippen molar-refractivity contribution in [3.8, 4) is 23.3 Å². The van der Waals surface area contributed by atoms with Gasteiger partial charge in [-0.2, -0.15) is 5.26 Å². The second-order valence-electron chi connectivity index (χ2n) is 6.54. The van der Waals surface area contributed by atoms with Crippen molar-refractivity contribution in [1.82, 2.24) is 0 Å². The number of carbonyl (C=O) groups excluding carboxylic acids is 1. The van der Waals surface area contributed by atoms with Crippen LogP contribution < -0.4 is 14.8 Å². The van der Waals surface area contributed by atoms with Crippen LogP contribution in [-0.2, 0) is 0 Å². The van der Waals surface area contributed by atoms with E-state index in [9.17, 15) is 14.9 Å². The van der Waals surface area contributed by atoms with Gasteiger partial charge < -0.3 is 14.8 Å². The Morgan fingerprint density at radius 2 is 1.81 bits per heavy atom. The molecule has 31 heavy (non-hydrogen) atoms. The summed E-state index contributed by atoms with van der Waals surface area (Å²) < 4.78 is 11.0. The van der Waals surface area contributed by atoms with Crippen molar-refractivity contribution in [3.63, 3.8) is 0 Å². The molecular weight excluding hydrogens is 398 g/mol. The van der Waals surface area contributed by atoms with Gasteiger partial charge in [-0.3, -0.25) is 14.9 Å². The molecule has 8 heteroatoms. The third-order valence-corrected chi connectivity index (χ3v) is 4.38. The monoisotopic (exact) mass is 417 g/mol. The SMILES string of the molecule is CCOc1ccc(C(=O)Nc2ccc(Oc3ccc(C#N)cc3)cc2C)cc1[N+](=O)[O-]. The van der Waals surface area contributed by atoms with Crippen LogP contribution in [0.5, 0.6) is 17.2 Å². The first-order valence-electron chi connectivity index (χ1n) is 9.42. The van der Waals surface area contributed by atoms with Crippen LogP contribution >= 0.6 is 0 Å². The number of nitrogens with zero attached hydrogens (tertiary/aromatic N) is 2. The molecule has 0 heterocycles. The lowest BCUT2D eigenvalue weighted by molar-refractivity contribution is -0.385. The average molecular weight is 417 g/mol. The fourth-order valence-electron chi connectivity index (χ4n) is 2.85. The van der Waals surface area contributed by atoms with Gasteiger partial charge in [-0.1, -0.05) is 0 Å². The van der Waals surface area contributed by atoms with Crippen molar-refractivity contribution >= 4 is 17.3 Å². The Balaban J connectivity index is 1.75. The molecular formula is C23H19N3O5. The lowest BCUT2D eigenvalue weighted by Crippen LogP contribution is -2.13. The van der Waals surface area contributed by atoms with E-state index in [4.69, 9.17) is 14.7 Å². The van der Waals surface area contributed by atoms with Gasteiger partial charge in [-0.05, 0) is 74.0 Å². The molecule has 0 aliphatic rings. The van der Waals surface area contributed by atoms with Gasteiger partial charge in [0, 0.05) is 17.3 Å². The van der Waals surface area contributed by atoms with Crippen LogP contribution in [0.1, 0.15) is 28.4 Å². The molecule has 1 amide bonds. The molecule has 3 rings (SSSR count). The molecule has 0 saturated heterocycles. The summed E-state index contributed by atoms with van der Waals surface area (Å²) in [7, 11) is 0. The van der Waals surface area contributed by atoms with E-state index in [-0.39, 0.29) is 23.6 Å². The highest BCUT2D eigenvalue weighted by molar-refractivity contribution is 6.05. The van der Waals surface area contributed by atoms with Crippen LogP contribution in [0.4, 0.5) is 11.4 Å². The Bertz CT molecular complexity index is 1170. The molecule has 1 N–H and O–H groups in total. The number of aryl methyl sites for hydroxylation is 1. The number of nitriles is 1. The Hall–Kier alpha value is -4.38. The van der Waals surface area contributed by atoms with Gasteiger partial charge in [0.1, 0.15) is 11.5 Å². The number of anilines is 1. The summed E-state index contributed by atoms with van der Waals surface area (Å²) in [6.45, 7) is 3.81. The van der Waals surface area contributed by atoms with E-state index < -0.39 is 10.8 Å². The van der Waals surface area contributed by atoms with Crippen molar-refractivity contribution in [2.24, 2.45) is 0 Å². The highest BCUT2D eigenvalue weighted by Crippen LogP contribution is 2.29. The minimum absolute atomic E-state index is 0.115. The van der Waals surface area contributed by atoms with Crippen molar-refractivity contribution in [2.75, 3.05) is 11.9 Å². The number of rotatable bonds is 7. The molecule has 156 valence electrons. The van der Waals surface area contributed by atoms with Crippen molar-refractivity contribution in [2.45, 2.75) is 13.8 Å². The number of nitro groups is 1. The minimum atomic E-state index is -0.581. The summed E-state index contributed by atoms with van der Waals surface area (Å²) in [6.07, 6.45) is 0. The van der Waals surface area contributed by atoms with Crippen molar-refractivity contribution in [3.05, 3.63) is 87.5 Å². The number of amides is 1. The van der Waals surface area contributed by atoms with Crippen molar-refractivity contribution < 1.29 is 19.2 Å². The molecule has 8 nitrogen and oxygen atoms in total. The molecule has 0 radical (unpaired) electrons.